The molecule has 31 heavy (non-hydrogen) atoms. The molecule has 0 spiro atoms. The maximum absolute atomic E-state index is 14.3. The maximum atomic E-state index is 14.3. The molecule has 1 aromatic carbocycles. The SMILES string of the molecule is CC(C)(C)OC(=O)N1CCC(c2cccc(S(=O)(=O)c3ccc(C#N)cc3F)n2)CC1. The molecule has 2 heterocycles. The van der Waals surface area contributed by atoms with Crippen molar-refractivity contribution < 1.29 is 22.3 Å². The number of nitriles is 1. The molecule has 0 bridgehead atoms. The molecule has 1 aromatic heterocycles. The number of likely N-dealkylation sites (tertiary alicyclic amines) is 1. The maximum Gasteiger partial charge on any atom is 0.410 e. The van der Waals surface area contributed by atoms with Crippen LogP contribution in [0.5, 0.6) is 0 Å². The summed E-state index contributed by atoms with van der Waals surface area (Å²) < 4.78 is 45.5. The quantitative estimate of drug-likeness (QED) is 0.707. The van der Waals surface area contributed by atoms with E-state index in [1.54, 1.807) is 23.1 Å². The number of hydrogen-bond acceptors (Lipinski definition) is 6. The van der Waals surface area contributed by atoms with E-state index in [-0.39, 0.29) is 22.6 Å². The van der Waals surface area contributed by atoms with Gasteiger partial charge in [-0.25, -0.2) is 22.6 Å². The molecule has 9 heteroatoms. The molecule has 0 aliphatic carbocycles. The van der Waals surface area contributed by atoms with Crippen LogP contribution < -0.4 is 0 Å². The molecular weight excluding hydrogens is 421 g/mol. The van der Waals surface area contributed by atoms with Gasteiger partial charge >= 0.3 is 6.09 Å². The Hall–Kier alpha value is -2.99. The summed E-state index contributed by atoms with van der Waals surface area (Å²) in [4.78, 5) is 17.6. The van der Waals surface area contributed by atoms with E-state index in [0.717, 1.165) is 12.1 Å². The van der Waals surface area contributed by atoms with Crippen LogP contribution in [0.15, 0.2) is 46.3 Å². The summed E-state index contributed by atoms with van der Waals surface area (Å²) in [6.45, 7) is 6.38. The Bertz CT molecular complexity index is 1130. The Morgan fingerprint density at radius 3 is 2.48 bits per heavy atom. The van der Waals surface area contributed by atoms with Crippen molar-refractivity contribution in [2.75, 3.05) is 13.1 Å². The second kappa shape index (κ2) is 8.63. The fourth-order valence-corrected chi connectivity index (χ4v) is 4.66. The van der Waals surface area contributed by atoms with Crippen LogP contribution in [-0.2, 0) is 14.6 Å². The van der Waals surface area contributed by atoms with Crippen LogP contribution in [0.1, 0.15) is 50.8 Å². The van der Waals surface area contributed by atoms with E-state index < -0.39 is 26.2 Å². The second-order valence-corrected chi connectivity index (χ2v) is 10.3. The Morgan fingerprint density at radius 1 is 1.23 bits per heavy atom. The van der Waals surface area contributed by atoms with Gasteiger partial charge in [0.05, 0.1) is 11.6 Å². The largest absolute Gasteiger partial charge is 0.444 e. The van der Waals surface area contributed by atoms with Crippen molar-refractivity contribution in [3.8, 4) is 6.07 Å². The molecule has 7 nitrogen and oxygen atoms in total. The highest BCUT2D eigenvalue weighted by molar-refractivity contribution is 7.91. The molecule has 1 aliphatic heterocycles. The summed E-state index contributed by atoms with van der Waals surface area (Å²) in [6, 6.07) is 9.65. The number of piperidine rings is 1. The van der Waals surface area contributed by atoms with Gasteiger partial charge in [-0.05, 0) is 63.9 Å². The molecule has 1 fully saturated rings. The number of carbonyl (C=O) groups is 1. The van der Waals surface area contributed by atoms with E-state index in [9.17, 15) is 17.6 Å². The molecule has 0 atom stereocenters. The predicted octanol–water partition coefficient (Wildman–Crippen LogP) is 4.04. The summed E-state index contributed by atoms with van der Waals surface area (Å²) in [6.07, 6.45) is 0.855. The number of nitrogens with zero attached hydrogens (tertiary/aromatic N) is 3. The van der Waals surface area contributed by atoms with Crippen LogP contribution >= 0.6 is 0 Å². The van der Waals surface area contributed by atoms with E-state index in [1.165, 1.54) is 12.1 Å². The van der Waals surface area contributed by atoms with Gasteiger partial charge in [0, 0.05) is 24.7 Å². The Kier molecular flexibility index (Phi) is 6.32. The van der Waals surface area contributed by atoms with Gasteiger partial charge in [-0.2, -0.15) is 5.26 Å². The normalized spacial score (nSPS) is 15.4. The Labute approximate surface area is 181 Å². The van der Waals surface area contributed by atoms with Crippen LogP contribution in [0.4, 0.5) is 9.18 Å². The van der Waals surface area contributed by atoms with Crippen LogP contribution in [0.3, 0.4) is 0 Å². The second-order valence-electron chi connectivity index (χ2n) is 8.40. The van der Waals surface area contributed by atoms with Gasteiger partial charge in [0.2, 0.25) is 9.84 Å². The van der Waals surface area contributed by atoms with Gasteiger partial charge in [-0.1, -0.05) is 6.07 Å². The minimum Gasteiger partial charge on any atom is -0.444 e. The average Bonchev–Trinajstić information content (AvgIpc) is 2.72. The van der Waals surface area contributed by atoms with E-state index >= 15 is 0 Å². The highest BCUT2D eigenvalue weighted by Gasteiger charge is 2.29. The molecule has 1 saturated heterocycles. The van der Waals surface area contributed by atoms with Crippen LogP contribution in [0.2, 0.25) is 0 Å². The Morgan fingerprint density at radius 2 is 1.90 bits per heavy atom. The van der Waals surface area contributed by atoms with Crippen molar-refractivity contribution in [3.63, 3.8) is 0 Å². The molecule has 2 aromatic rings. The van der Waals surface area contributed by atoms with E-state index in [2.05, 4.69) is 4.98 Å². The molecule has 0 N–H and O–H groups in total. The molecular formula is C22H24FN3O4S. The lowest BCUT2D eigenvalue weighted by Crippen LogP contribution is -2.41. The van der Waals surface area contributed by atoms with Gasteiger partial charge in [-0.3, -0.25) is 0 Å². The zero-order valence-corrected chi connectivity index (χ0v) is 18.4. The van der Waals surface area contributed by atoms with Crippen molar-refractivity contribution in [2.45, 2.75) is 55.1 Å². The van der Waals surface area contributed by atoms with Gasteiger partial charge in [0.1, 0.15) is 16.3 Å². The molecule has 0 radical (unpaired) electrons. The third kappa shape index (κ3) is 5.20. The van der Waals surface area contributed by atoms with E-state index in [0.29, 0.717) is 31.6 Å². The molecule has 0 unspecified atom stereocenters. The number of hydrogen-bond donors (Lipinski definition) is 0. The van der Waals surface area contributed by atoms with Crippen molar-refractivity contribution >= 4 is 15.9 Å². The average molecular weight is 446 g/mol. The minimum atomic E-state index is -4.18. The molecule has 1 amide bonds. The number of halogens is 1. The first-order valence-electron chi connectivity index (χ1n) is 9.91. The van der Waals surface area contributed by atoms with Crippen molar-refractivity contribution in [1.82, 2.24) is 9.88 Å². The summed E-state index contributed by atoms with van der Waals surface area (Å²) >= 11 is 0. The summed E-state index contributed by atoms with van der Waals surface area (Å²) in [5.74, 6) is -1.02. The van der Waals surface area contributed by atoms with Gasteiger partial charge in [0.15, 0.2) is 5.03 Å². The van der Waals surface area contributed by atoms with Gasteiger partial charge in [0.25, 0.3) is 0 Å². The number of carbonyl (C=O) groups excluding carboxylic acids is 1. The molecule has 0 saturated carbocycles. The molecule has 3 rings (SSSR count). The lowest BCUT2D eigenvalue weighted by atomic mass is 9.93. The number of benzene rings is 1. The first-order valence-corrected chi connectivity index (χ1v) is 11.4. The number of aromatic nitrogens is 1. The fourth-order valence-electron chi connectivity index (χ4n) is 3.39. The summed E-state index contributed by atoms with van der Waals surface area (Å²) in [5, 5.41) is 8.60. The highest BCUT2D eigenvalue weighted by Crippen LogP contribution is 2.30. The lowest BCUT2D eigenvalue weighted by Gasteiger charge is -2.33. The number of pyridine rings is 1. The van der Waals surface area contributed by atoms with Crippen molar-refractivity contribution in [3.05, 3.63) is 53.5 Å². The van der Waals surface area contributed by atoms with Crippen LogP contribution in [0.25, 0.3) is 0 Å². The standard InChI is InChI=1S/C22H24FN3O4S/c1-22(2,3)30-21(27)26-11-9-16(10-12-26)18-5-4-6-20(25-18)31(28,29)19-8-7-15(14-24)13-17(19)23/h4-8,13,16H,9-12H2,1-3H3. The van der Waals surface area contributed by atoms with E-state index in [4.69, 9.17) is 10.00 Å². The molecule has 164 valence electrons. The Balaban J connectivity index is 1.77. The lowest BCUT2D eigenvalue weighted by molar-refractivity contribution is 0.0204. The summed E-state index contributed by atoms with van der Waals surface area (Å²) in [5.41, 5.74) is 0.0488. The number of sulfone groups is 1. The minimum absolute atomic E-state index is 0.0281. The number of amides is 1. The first-order chi connectivity index (χ1) is 14.5. The van der Waals surface area contributed by atoms with Gasteiger partial charge in [-0.15, -0.1) is 0 Å². The first kappa shape index (κ1) is 22.7. The highest BCUT2D eigenvalue weighted by atomic mass is 32.2. The third-order valence-corrected chi connectivity index (χ3v) is 6.62. The fraction of sp³-hybridized carbons (Fsp3) is 0.409. The number of ether oxygens (including phenoxy) is 1. The molecule has 1 aliphatic rings. The van der Waals surface area contributed by atoms with Crippen LogP contribution in [-0.4, -0.2) is 43.1 Å². The van der Waals surface area contributed by atoms with Crippen LogP contribution in [0, 0.1) is 17.1 Å². The van der Waals surface area contributed by atoms with Crippen molar-refractivity contribution in [2.24, 2.45) is 0 Å². The monoisotopic (exact) mass is 445 g/mol. The van der Waals surface area contributed by atoms with E-state index in [1.807, 2.05) is 20.8 Å². The third-order valence-electron chi connectivity index (χ3n) is 4.94. The van der Waals surface area contributed by atoms with Gasteiger partial charge < -0.3 is 9.64 Å². The zero-order chi connectivity index (χ0) is 22.8. The topological polar surface area (TPSA) is 100 Å². The zero-order valence-electron chi connectivity index (χ0n) is 17.6. The predicted molar refractivity (Wildman–Crippen MR) is 111 cm³/mol. The summed E-state index contributed by atoms with van der Waals surface area (Å²) in [7, 11) is -4.18. The smallest absolute Gasteiger partial charge is 0.410 e. The van der Waals surface area contributed by atoms with Crippen molar-refractivity contribution in [1.29, 1.82) is 5.26 Å². The number of rotatable bonds is 3.